The van der Waals surface area contributed by atoms with Gasteiger partial charge in [0.25, 0.3) is 0 Å². The minimum absolute atomic E-state index is 0.558. The Kier molecular flexibility index (Phi) is 5.41. The zero-order valence-electron chi connectivity index (χ0n) is 12.5. The van der Waals surface area contributed by atoms with Gasteiger partial charge in [0, 0.05) is 18.6 Å². The van der Waals surface area contributed by atoms with Crippen LogP contribution in [0.25, 0.3) is 0 Å². The molecule has 0 spiro atoms. The predicted octanol–water partition coefficient (Wildman–Crippen LogP) is 3.25. The molecule has 2 nitrogen and oxygen atoms in total. The quantitative estimate of drug-likeness (QED) is 0.848. The van der Waals surface area contributed by atoms with E-state index in [4.69, 9.17) is 4.74 Å². The first kappa shape index (κ1) is 14.5. The Morgan fingerprint density at radius 2 is 2.05 bits per heavy atom. The second-order valence-electron chi connectivity index (χ2n) is 5.76. The van der Waals surface area contributed by atoms with Crippen LogP contribution in [0, 0.1) is 19.8 Å². The Balaban J connectivity index is 2.10. The van der Waals surface area contributed by atoms with Crippen molar-refractivity contribution in [3.8, 4) is 0 Å². The molecular formula is C17H27NO. The van der Waals surface area contributed by atoms with E-state index in [1.54, 1.807) is 0 Å². The van der Waals surface area contributed by atoms with Crippen LogP contribution in [0.2, 0.25) is 0 Å². The van der Waals surface area contributed by atoms with Crippen molar-refractivity contribution in [1.29, 1.82) is 0 Å². The second kappa shape index (κ2) is 7.06. The molecule has 2 unspecified atom stereocenters. The van der Waals surface area contributed by atoms with Crippen LogP contribution in [0.3, 0.4) is 0 Å². The average Bonchev–Trinajstić information content (AvgIpc) is 2.91. The summed E-state index contributed by atoms with van der Waals surface area (Å²) in [6.45, 7) is 9.64. The molecule has 2 heteroatoms. The summed E-state index contributed by atoms with van der Waals surface area (Å²) >= 11 is 0. The fourth-order valence-electron chi connectivity index (χ4n) is 3.00. The van der Waals surface area contributed by atoms with E-state index in [0.29, 0.717) is 12.0 Å². The maximum Gasteiger partial charge on any atom is 0.0510 e. The first-order chi connectivity index (χ1) is 9.22. The highest BCUT2D eigenvalue weighted by atomic mass is 16.5. The molecule has 2 atom stereocenters. The minimum Gasteiger partial charge on any atom is -0.381 e. The van der Waals surface area contributed by atoms with E-state index in [9.17, 15) is 0 Å². The largest absolute Gasteiger partial charge is 0.381 e. The van der Waals surface area contributed by atoms with Gasteiger partial charge in [-0.2, -0.15) is 0 Å². The van der Waals surface area contributed by atoms with Gasteiger partial charge >= 0.3 is 0 Å². The summed E-state index contributed by atoms with van der Waals surface area (Å²) in [4.78, 5) is 0. The number of hydrogen-bond donors (Lipinski definition) is 1. The second-order valence-corrected chi connectivity index (χ2v) is 5.76. The fraction of sp³-hybridized carbons (Fsp3) is 0.647. The van der Waals surface area contributed by atoms with Crippen LogP contribution < -0.4 is 5.32 Å². The van der Waals surface area contributed by atoms with Crippen molar-refractivity contribution in [1.82, 2.24) is 5.32 Å². The van der Waals surface area contributed by atoms with E-state index in [2.05, 4.69) is 44.3 Å². The first-order valence-electron chi connectivity index (χ1n) is 7.58. The van der Waals surface area contributed by atoms with Crippen molar-refractivity contribution < 1.29 is 4.74 Å². The van der Waals surface area contributed by atoms with Crippen LogP contribution in [-0.4, -0.2) is 25.8 Å². The molecule has 0 amide bonds. The Bertz CT molecular complexity index is 376. The summed E-state index contributed by atoms with van der Waals surface area (Å²) in [5.74, 6) is 0.672. The molecule has 0 saturated carbocycles. The van der Waals surface area contributed by atoms with Gasteiger partial charge in [0.15, 0.2) is 0 Å². The Hall–Kier alpha value is -0.860. The summed E-state index contributed by atoms with van der Waals surface area (Å²) in [5, 5.41) is 3.73. The summed E-state index contributed by atoms with van der Waals surface area (Å²) in [6, 6.07) is 7.16. The number of ether oxygens (including phenoxy) is 1. The number of hydrogen-bond acceptors (Lipinski definition) is 2. The Morgan fingerprint density at radius 1 is 1.32 bits per heavy atom. The van der Waals surface area contributed by atoms with E-state index in [1.165, 1.54) is 29.5 Å². The highest BCUT2D eigenvalue weighted by molar-refractivity contribution is 5.34. The molecule has 19 heavy (non-hydrogen) atoms. The van der Waals surface area contributed by atoms with Gasteiger partial charge in [-0.3, -0.25) is 0 Å². The van der Waals surface area contributed by atoms with Gasteiger partial charge in [-0.15, -0.1) is 0 Å². The van der Waals surface area contributed by atoms with Gasteiger partial charge < -0.3 is 10.1 Å². The van der Waals surface area contributed by atoms with Crippen molar-refractivity contribution in [2.75, 3.05) is 19.8 Å². The molecular weight excluding hydrogens is 234 g/mol. The molecule has 1 aliphatic heterocycles. The third kappa shape index (κ3) is 3.80. The molecule has 1 saturated heterocycles. The fourth-order valence-corrected chi connectivity index (χ4v) is 3.00. The smallest absolute Gasteiger partial charge is 0.0510 e. The Labute approximate surface area is 117 Å². The van der Waals surface area contributed by atoms with Crippen LogP contribution in [-0.2, 0) is 11.2 Å². The molecule has 1 aliphatic rings. The average molecular weight is 261 g/mol. The first-order valence-corrected chi connectivity index (χ1v) is 7.58. The maximum atomic E-state index is 5.58. The van der Waals surface area contributed by atoms with E-state index >= 15 is 0 Å². The van der Waals surface area contributed by atoms with Crippen molar-refractivity contribution in [2.24, 2.45) is 5.92 Å². The molecule has 2 rings (SSSR count). The van der Waals surface area contributed by atoms with E-state index in [1.807, 2.05) is 0 Å². The number of nitrogens with one attached hydrogen (secondary N) is 1. The van der Waals surface area contributed by atoms with Crippen LogP contribution in [0.4, 0.5) is 0 Å². The van der Waals surface area contributed by atoms with Gasteiger partial charge in [-0.1, -0.05) is 25.1 Å². The number of benzene rings is 1. The third-order valence-corrected chi connectivity index (χ3v) is 4.26. The third-order valence-electron chi connectivity index (χ3n) is 4.26. The number of aryl methyl sites for hydroxylation is 2. The van der Waals surface area contributed by atoms with Gasteiger partial charge in [0.1, 0.15) is 0 Å². The van der Waals surface area contributed by atoms with E-state index in [-0.39, 0.29) is 0 Å². The van der Waals surface area contributed by atoms with Gasteiger partial charge in [0.05, 0.1) is 6.61 Å². The number of rotatable bonds is 6. The molecule has 1 aromatic rings. The highest BCUT2D eigenvalue weighted by Crippen LogP contribution is 2.23. The van der Waals surface area contributed by atoms with Crippen molar-refractivity contribution in [3.63, 3.8) is 0 Å². The summed E-state index contributed by atoms with van der Waals surface area (Å²) in [6.07, 6.45) is 3.52. The summed E-state index contributed by atoms with van der Waals surface area (Å²) in [5.41, 5.74) is 4.35. The monoisotopic (exact) mass is 261 g/mol. The van der Waals surface area contributed by atoms with Crippen LogP contribution >= 0.6 is 0 Å². The molecule has 1 aromatic carbocycles. The normalized spacial score (nSPS) is 20.7. The minimum atomic E-state index is 0.558. The Morgan fingerprint density at radius 3 is 2.63 bits per heavy atom. The SMILES string of the molecule is CCCNC(Cc1c(C)cccc1C)C1CCOC1. The van der Waals surface area contributed by atoms with Gasteiger partial charge in [-0.05, 0) is 56.3 Å². The highest BCUT2D eigenvalue weighted by Gasteiger charge is 2.26. The lowest BCUT2D eigenvalue weighted by Crippen LogP contribution is -2.39. The van der Waals surface area contributed by atoms with Crippen LogP contribution in [0.1, 0.15) is 36.5 Å². The zero-order valence-corrected chi connectivity index (χ0v) is 12.5. The maximum absolute atomic E-state index is 5.58. The van der Waals surface area contributed by atoms with Gasteiger partial charge in [-0.25, -0.2) is 0 Å². The topological polar surface area (TPSA) is 21.3 Å². The zero-order chi connectivity index (χ0) is 13.7. The van der Waals surface area contributed by atoms with Crippen molar-refractivity contribution >= 4 is 0 Å². The van der Waals surface area contributed by atoms with E-state index in [0.717, 1.165) is 26.2 Å². The van der Waals surface area contributed by atoms with Crippen molar-refractivity contribution in [3.05, 3.63) is 34.9 Å². The molecule has 0 bridgehead atoms. The van der Waals surface area contributed by atoms with E-state index < -0.39 is 0 Å². The summed E-state index contributed by atoms with van der Waals surface area (Å²) in [7, 11) is 0. The molecule has 1 heterocycles. The lowest BCUT2D eigenvalue weighted by atomic mass is 9.89. The predicted molar refractivity (Wildman–Crippen MR) is 80.6 cm³/mol. The molecule has 0 aliphatic carbocycles. The standard InChI is InChI=1S/C17H27NO/c1-4-9-18-17(15-8-10-19-12-15)11-16-13(2)6-5-7-14(16)3/h5-7,15,17-18H,4,8-12H2,1-3H3. The molecule has 0 aromatic heterocycles. The van der Waals surface area contributed by atoms with Gasteiger partial charge in [0.2, 0.25) is 0 Å². The summed E-state index contributed by atoms with van der Waals surface area (Å²) < 4.78 is 5.58. The molecule has 1 N–H and O–H groups in total. The molecule has 106 valence electrons. The van der Waals surface area contributed by atoms with Crippen molar-refractivity contribution in [2.45, 2.75) is 46.1 Å². The lowest BCUT2D eigenvalue weighted by Gasteiger charge is -2.25. The van der Waals surface area contributed by atoms with Crippen LogP contribution in [0.15, 0.2) is 18.2 Å². The lowest BCUT2D eigenvalue weighted by molar-refractivity contribution is 0.176. The molecule has 1 fully saturated rings. The molecule has 0 radical (unpaired) electrons. The van der Waals surface area contributed by atoms with Crippen LogP contribution in [0.5, 0.6) is 0 Å².